The van der Waals surface area contributed by atoms with Gasteiger partial charge >= 0.3 is 0 Å². The maximum atomic E-state index is 12.1. The van der Waals surface area contributed by atoms with E-state index in [4.69, 9.17) is 0 Å². The highest BCUT2D eigenvalue weighted by Crippen LogP contribution is 2.09. The highest BCUT2D eigenvalue weighted by atomic mass is 127. The van der Waals surface area contributed by atoms with Crippen molar-refractivity contribution in [2.45, 2.75) is 12.5 Å². The van der Waals surface area contributed by atoms with Crippen molar-refractivity contribution in [3.8, 4) is 0 Å². The Morgan fingerprint density at radius 1 is 1.15 bits per heavy atom. The monoisotopic (exact) mass is 381 g/mol. The Hall–Kier alpha value is -1.40. The summed E-state index contributed by atoms with van der Waals surface area (Å²) in [5, 5.41) is 12.3. The van der Waals surface area contributed by atoms with E-state index in [0.29, 0.717) is 12.0 Å². The molecule has 2 N–H and O–H groups in total. The quantitative estimate of drug-likeness (QED) is 0.783. The standard InChI is InChI=1S/C16H16INO2/c17-14-8-4-7-13(10-14)16(20)18-15(11-19)9-12-5-2-1-3-6-12/h1-8,10,15,19H,9,11H2,(H,18,20). The van der Waals surface area contributed by atoms with Crippen LogP contribution >= 0.6 is 22.6 Å². The predicted molar refractivity (Wildman–Crippen MR) is 87.6 cm³/mol. The summed E-state index contributed by atoms with van der Waals surface area (Å²) in [4.78, 5) is 12.1. The summed E-state index contributed by atoms with van der Waals surface area (Å²) in [6, 6.07) is 16.9. The number of carbonyl (C=O) groups is 1. The molecular formula is C16H16INO2. The topological polar surface area (TPSA) is 49.3 Å². The molecule has 2 aromatic carbocycles. The minimum atomic E-state index is -0.275. The number of amides is 1. The fourth-order valence-electron chi connectivity index (χ4n) is 1.96. The molecule has 2 rings (SSSR count). The van der Waals surface area contributed by atoms with Crippen LogP contribution in [-0.4, -0.2) is 23.7 Å². The van der Waals surface area contributed by atoms with Gasteiger partial charge in [-0.25, -0.2) is 0 Å². The van der Waals surface area contributed by atoms with Gasteiger partial charge in [0.25, 0.3) is 5.91 Å². The molecule has 0 aliphatic carbocycles. The number of carbonyl (C=O) groups excluding carboxylic acids is 1. The second-order valence-electron chi connectivity index (χ2n) is 4.55. The average Bonchev–Trinajstić information content (AvgIpc) is 2.47. The largest absolute Gasteiger partial charge is 0.394 e. The van der Waals surface area contributed by atoms with Gasteiger partial charge in [-0.1, -0.05) is 36.4 Å². The van der Waals surface area contributed by atoms with Crippen LogP contribution in [0.15, 0.2) is 54.6 Å². The summed E-state index contributed by atoms with van der Waals surface area (Å²) < 4.78 is 1.01. The van der Waals surface area contributed by atoms with Gasteiger partial charge in [0.2, 0.25) is 0 Å². The van der Waals surface area contributed by atoms with Gasteiger partial charge in [0.05, 0.1) is 12.6 Å². The van der Waals surface area contributed by atoms with Crippen LogP contribution < -0.4 is 5.32 Å². The number of rotatable bonds is 5. The number of nitrogens with one attached hydrogen (secondary N) is 1. The van der Waals surface area contributed by atoms with E-state index in [9.17, 15) is 9.90 Å². The SMILES string of the molecule is O=C(NC(CO)Cc1ccccc1)c1cccc(I)c1. The Morgan fingerprint density at radius 3 is 2.55 bits per heavy atom. The minimum absolute atomic E-state index is 0.0788. The molecule has 2 aromatic rings. The first-order valence-corrected chi connectivity index (χ1v) is 7.48. The Morgan fingerprint density at radius 2 is 1.90 bits per heavy atom. The third-order valence-electron chi connectivity index (χ3n) is 2.97. The lowest BCUT2D eigenvalue weighted by Gasteiger charge is -2.16. The molecule has 1 atom stereocenters. The number of hydrogen-bond donors (Lipinski definition) is 2. The minimum Gasteiger partial charge on any atom is -0.394 e. The lowest BCUT2D eigenvalue weighted by Crippen LogP contribution is -2.39. The van der Waals surface area contributed by atoms with Crippen LogP contribution in [0, 0.1) is 3.57 Å². The molecule has 0 saturated carbocycles. The summed E-state index contributed by atoms with van der Waals surface area (Å²) in [7, 11) is 0. The maximum Gasteiger partial charge on any atom is 0.251 e. The first-order valence-electron chi connectivity index (χ1n) is 6.40. The van der Waals surface area contributed by atoms with Crippen molar-refractivity contribution in [3.63, 3.8) is 0 Å². The Bertz CT molecular complexity index is 572. The van der Waals surface area contributed by atoms with Crippen molar-refractivity contribution in [3.05, 3.63) is 69.3 Å². The van der Waals surface area contributed by atoms with Gasteiger partial charge in [0.15, 0.2) is 0 Å². The molecule has 0 aliphatic rings. The number of benzene rings is 2. The molecule has 3 nitrogen and oxygen atoms in total. The van der Waals surface area contributed by atoms with Gasteiger partial charge in [0.1, 0.15) is 0 Å². The summed E-state index contributed by atoms with van der Waals surface area (Å²) in [6.45, 7) is -0.0788. The molecule has 20 heavy (non-hydrogen) atoms. The van der Waals surface area contributed by atoms with Crippen LogP contribution in [0.3, 0.4) is 0 Å². The molecule has 0 heterocycles. The molecule has 1 unspecified atom stereocenters. The number of aliphatic hydroxyl groups excluding tert-OH is 1. The molecule has 0 bridgehead atoms. The molecule has 0 aliphatic heterocycles. The second-order valence-corrected chi connectivity index (χ2v) is 5.80. The molecule has 4 heteroatoms. The normalized spacial score (nSPS) is 11.9. The number of hydrogen-bond acceptors (Lipinski definition) is 2. The highest BCUT2D eigenvalue weighted by Gasteiger charge is 2.13. The van der Waals surface area contributed by atoms with E-state index in [0.717, 1.165) is 9.13 Å². The van der Waals surface area contributed by atoms with Crippen molar-refractivity contribution >= 4 is 28.5 Å². The molecule has 104 valence electrons. The third-order valence-corrected chi connectivity index (χ3v) is 3.64. The molecule has 0 aromatic heterocycles. The van der Waals surface area contributed by atoms with Crippen molar-refractivity contribution in [2.75, 3.05) is 6.61 Å². The van der Waals surface area contributed by atoms with Gasteiger partial charge in [0, 0.05) is 9.13 Å². The van der Waals surface area contributed by atoms with Crippen LogP contribution in [0.25, 0.3) is 0 Å². The van der Waals surface area contributed by atoms with Crippen LogP contribution in [-0.2, 0) is 6.42 Å². The first kappa shape index (κ1) is 15.0. The van der Waals surface area contributed by atoms with E-state index >= 15 is 0 Å². The van der Waals surface area contributed by atoms with E-state index in [-0.39, 0.29) is 18.6 Å². The molecule has 1 amide bonds. The summed E-state index contributed by atoms with van der Waals surface area (Å²) in [5.41, 5.74) is 1.71. The Kier molecular flexibility index (Phi) is 5.55. The lowest BCUT2D eigenvalue weighted by molar-refractivity contribution is 0.0916. The van der Waals surface area contributed by atoms with Crippen molar-refractivity contribution in [2.24, 2.45) is 0 Å². The fourth-order valence-corrected chi connectivity index (χ4v) is 2.50. The van der Waals surface area contributed by atoms with E-state index < -0.39 is 0 Å². The third kappa shape index (κ3) is 4.31. The molecular weight excluding hydrogens is 365 g/mol. The van der Waals surface area contributed by atoms with E-state index in [2.05, 4.69) is 27.9 Å². The maximum absolute atomic E-state index is 12.1. The van der Waals surface area contributed by atoms with Gasteiger partial charge in [-0.05, 0) is 52.8 Å². The summed E-state index contributed by atoms with van der Waals surface area (Å²) >= 11 is 2.17. The fraction of sp³-hybridized carbons (Fsp3) is 0.188. The molecule has 0 saturated heterocycles. The van der Waals surface area contributed by atoms with Gasteiger partial charge in [-0.3, -0.25) is 4.79 Å². The van der Waals surface area contributed by atoms with E-state index in [1.54, 1.807) is 6.07 Å². The zero-order chi connectivity index (χ0) is 14.4. The Balaban J connectivity index is 2.01. The van der Waals surface area contributed by atoms with Gasteiger partial charge < -0.3 is 10.4 Å². The van der Waals surface area contributed by atoms with Gasteiger partial charge in [-0.15, -0.1) is 0 Å². The van der Waals surface area contributed by atoms with Crippen molar-refractivity contribution in [1.29, 1.82) is 0 Å². The molecule has 0 fully saturated rings. The van der Waals surface area contributed by atoms with Crippen LogP contribution in [0.4, 0.5) is 0 Å². The van der Waals surface area contributed by atoms with E-state index in [1.165, 1.54) is 0 Å². The van der Waals surface area contributed by atoms with Crippen LogP contribution in [0.5, 0.6) is 0 Å². The summed E-state index contributed by atoms with van der Waals surface area (Å²) in [5.74, 6) is -0.154. The first-order chi connectivity index (χ1) is 9.69. The molecule has 0 spiro atoms. The lowest BCUT2D eigenvalue weighted by atomic mass is 10.1. The average molecular weight is 381 g/mol. The molecule has 0 radical (unpaired) electrons. The number of aliphatic hydroxyl groups is 1. The Labute approximate surface area is 132 Å². The van der Waals surface area contributed by atoms with Crippen molar-refractivity contribution in [1.82, 2.24) is 5.32 Å². The van der Waals surface area contributed by atoms with Crippen molar-refractivity contribution < 1.29 is 9.90 Å². The van der Waals surface area contributed by atoms with Crippen LogP contribution in [0.1, 0.15) is 15.9 Å². The predicted octanol–water partition coefficient (Wildman–Crippen LogP) is 2.62. The highest BCUT2D eigenvalue weighted by molar-refractivity contribution is 14.1. The second kappa shape index (κ2) is 7.40. The summed E-state index contributed by atoms with van der Waals surface area (Å²) in [6.07, 6.45) is 0.618. The number of halogens is 1. The van der Waals surface area contributed by atoms with E-state index in [1.807, 2.05) is 48.5 Å². The van der Waals surface area contributed by atoms with Crippen LogP contribution in [0.2, 0.25) is 0 Å². The zero-order valence-corrected chi connectivity index (χ0v) is 13.1. The van der Waals surface area contributed by atoms with Gasteiger partial charge in [-0.2, -0.15) is 0 Å². The smallest absolute Gasteiger partial charge is 0.251 e. The zero-order valence-electron chi connectivity index (χ0n) is 10.9.